The smallest absolute Gasteiger partial charge is 0.0426 e. The van der Waals surface area contributed by atoms with Gasteiger partial charge in [0.05, 0.1) is 0 Å². The molecular formula is C16H21BrClN. The van der Waals surface area contributed by atoms with E-state index in [2.05, 4.69) is 33.0 Å². The van der Waals surface area contributed by atoms with Gasteiger partial charge in [-0.2, -0.15) is 0 Å². The van der Waals surface area contributed by atoms with Gasteiger partial charge in [0, 0.05) is 28.6 Å². The molecule has 0 bridgehead atoms. The third-order valence-electron chi connectivity index (χ3n) is 4.74. The van der Waals surface area contributed by atoms with Crippen molar-refractivity contribution in [3.05, 3.63) is 28.8 Å². The zero-order valence-electron chi connectivity index (χ0n) is 11.2. The summed E-state index contributed by atoms with van der Waals surface area (Å²) in [5, 5.41) is 1.77. The standard InChI is InChI=1S/C16H21BrClN/c17-11-13-7-8-14(18)10-16(13)19-9-3-6-15(19)12-4-1-2-5-12/h7-8,10,12,15H,1-6,9,11H2. The maximum atomic E-state index is 6.22. The lowest BCUT2D eigenvalue weighted by atomic mass is 9.95. The average molecular weight is 343 g/mol. The Morgan fingerprint density at radius 1 is 1.16 bits per heavy atom. The molecule has 2 aliphatic rings. The lowest BCUT2D eigenvalue weighted by Crippen LogP contribution is -2.35. The predicted octanol–water partition coefficient (Wildman–Crippen LogP) is 5.39. The molecule has 1 aliphatic heterocycles. The number of halogens is 2. The second-order valence-electron chi connectivity index (χ2n) is 5.85. The molecule has 3 heteroatoms. The minimum Gasteiger partial charge on any atom is -0.368 e. The molecule has 1 saturated heterocycles. The fourth-order valence-corrected chi connectivity index (χ4v) is 4.48. The van der Waals surface area contributed by atoms with Gasteiger partial charge in [-0.1, -0.05) is 46.4 Å². The Labute approximate surface area is 129 Å². The molecule has 1 atom stereocenters. The fourth-order valence-electron chi connectivity index (χ4n) is 3.84. The van der Waals surface area contributed by atoms with E-state index < -0.39 is 0 Å². The number of anilines is 1. The first-order chi connectivity index (χ1) is 9.29. The van der Waals surface area contributed by atoms with Crippen LogP contribution in [0.15, 0.2) is 18.2 Å². The summed E-state index contributed by atoms with van der Waals surface area (Å²) in [4.78, 5) is 2.64. The molecule has 19 heavy (non-hydrogen) atoms. The van der Waals surface area contributed by atoms with Crippen molar-refractivity contribution in [3.8, 4) is 0 Å². The summed E-state index contributed by atoms with van der Waals surface area (Å²) in [5.41, 5.74) is 2.73. The van der Waals surface area contributed by atoms with Gasteiger partial charge in [0.2, 0.25) is 0 Å². The van der Waals surface area contributed by atoms with Crippen molar-refractivity contribution in [2.24, 2.45) is 5.92 Å². The van der Waals surface area contributed by atoms with Crippen LogP contribution in [0.2, 0.25) is 5.02 Å². The Hall–Kier alpha value is -0.210. The third kappa shape index (κ3) is 2.80. The van der Waals surface area contributed by atoms with Crippen LogP contribution in [-0.2, 0) is 5.33 Å². The largest absolute Gasteiger partial charge is 0.368 e. The van der Waals surface area contributed by atoms with Gasteiger partial charge in [0.25, 0.3) is 0 Å². The molecule has 0 aromatic heterocycles. The van der Waals surface area contributed by atoms with Crippen LogP contribution in [0, 0.1) is 5.92 Å². The van der Waals surface area contributed by atoms with Crippen LogP contribution >= 0.6 is 27.5 Å². The van der Waals surface area contributed by atoms with E-state index in [9.17, 15) is 0 Å². The fraction of sp³-hybridized carbons (Fsp3) is 0.625. The summed E-state index contributed by atoms with van der Waals surface area (Å²) < 4.78 is 0. The molecule has 1 unspecified atom stereocenters. The molecule has 1 aromatic carbocycles. The summed E-state index contributed by atoms with van der Waals surface area (Å²) in [6.07, 6.45) is 8.39. The van der Waals surface area contributed by atoms with E-state index in [4.69, 9.17) is 11.6 Å². The Morgan fingerprint density at radius 2 is 1.95 bits per heavy atom. The van der Waals surface area contributed by atoms with Gasteiger partial charge < -0.3 is 4.90 Å². The quantitative estimate of drug-likeness (QED) is 0.665. The second kappa shape index (κ2) is 6.05. The molecule has 0 radical (unpaired) electrons. The number of alkyl halides is 1. The van der Waals surface area contributed by atoms with Crippen LogP contribution in [-0.4, -0.2) is 12.6 Å². The van der Waals surface area contributed by atoms with E-state index in [1.54, 1.807) is 0 Å². The number of hydrogen-bond acceptors (Lipinski definition) is 1. The van der Waals surface area contributed by atoms with Crippen molar-refractivity contribution in [3.63, 3.8) is 0 Å². The Balaban J connectivity index is 1.89. The minimum absolute atomic E-state index is 0.749. The molecule has 0 amide bonds. The van der Waals surface area contributed by atoms with Gasteiger partial charge in [-0.3, -0.25) is 0 Å². The van der Waals surface area contributed by atoms with Crippen LogP contribution in [0.25, 0.3) is 0 Å². The van der Waals surface area contributed by atoms with Crippen LogP contribution < -0.4 is 4.90 Å². The van der Waals surface area contributed by atoms with Gasteiger partial charge in [-0.25, -0.2) is 0 Å². The third-order valence-corrected chi connectivity index (χ3v) is 5.58. The van der Waals surface area contributed by atoms with Gasteiger partial charge in [-0.15, -0.1) is 0 Å². The summed E-state index contributed by atoms with van der Waals surface area (Å²) in [7, 11) is 0. The van der Waals surface area contributed by atoms with Crippen molar-refractivity contribution in [1.82, 2.24) is 0 Å². The highest BCUT2D eigenvalue weighted by Gasteiger charge is 2.34. The molecule has 1 aliphatic carbocycles. The van der Waals surface area contributed by atoms with E-state index >= 15 is 0 Å². The topological polar surface area (TPSA) is 3.24 Å². The molecule has 3 rings (SSSR count). The SMILES string of the molecule is Clc1ccc(CBr)c(N2CCCC2C2CCCC2)c1. The lowest BCUT2D eigenvalue weighted by molar-refractivity contribution is 0.430. The summed E-state index contributed by atoms with van der Waals surface area (Å²) >= 11 is 9.83. The number of nitrogens with zero attached hydrogens (tertiary/aromatic N) is 1. The van der Waals surface area contributed by atoms with E-state index in [1.165, 1.54) is 56.3 Å². The normalized spacial score (nSPS) is 24.3. The second-order valence-corrected chi connectivity index (χ2v) is 6.85. The molecule has 0 spiro atoms. The molecule has 1 saturated carbocycles. The van der Waals surface area contributed by atoms with Gasteiger partial charge in [0.15, 0.2) is 0 Å². The maximum Gasteiger partial charge on any atom is 0.0426 e. The molecular weight excluding hydrogens is 322 g/mol. The first-order valence-electron chi connectivity index (χ1n) is 7.40. The monoisotopic (exact) mass is 341 g/mol. The van der Waals surface area contributed by atoms with Gasteiger partial charge in [0.1, 0.15) is 0 Å². The maximum absolute atomic E-state index is 6.22. The van der Waals surface area contributed by atoms with E-state index in [0.29, 0.717) is 0 Å². The van der Waals surface area contributed by atoms with Crippen LogP contribution in [0.3, 0.4) is 0 Å². The number of benzene rings is 1. The van der Waals surface area contributed by atoms with Crippen LogP contribution in [0.4, 0.5) is 5.69 Å². The Morgan fingerprint density at radius 3 is 2.68 bits per heavy atom. The highest BCUT2D eigenvalue weighted by molar-refractivity contribution is 9.08. The number of hydrogen-bond donors (Lipinski definition) is 0. The first-order valence-corrected chi connectivity index (χ1v) is 8.90. The number of rotatable bonds is 3. The summed E-state index contributed by atoms with van der Waals surface area (Å²) in [6, 6.07) is 7.07. The van der Waals surface area contributed by atoms with E-state index in [-0.39, 0.29) is 0 Å². The Bertz CT molecular complexity index is 442. The van der Waals surface area contributed by atoms with Crippen molar-refractivity contribution in [2.45, 2.75) is 49.9 Å². The summed E-state index contributed by atoms with van der Waals surface area (Å²) in [5.74, 6) is 0.907. The molecule has 1 aromatic rings. The van der Waals surface area contributed by atoms with Crippen LogP contribution in [0.5, 0.6) is 0 Å². The Kier molecular flexibility index (Phi) is 4.38. The lowest BCUT2D eigenvalue weighted by Gasteiger charge is -2.32. The molecule has 1 heterocycles. The average Bonchev–Trinajstić information content (AvgIpc) is 3.09. The van der Waals surface area contributed by atoms with E-state index in [0.717, 1.165) is 22.3 Å². The highest BCUT2D eigenvalue weighted by Crippen LogP contribution is 2.39. The zero-order valence-corrected chi connectivity index (χ0v) is 13.6. The predicted molar refractivity (Wildman–Crippen MR) is 86.4 cm³/mol. The van der Waals surface area contributed by atoms with Crippen molar-refractivity contribution in [1.29, 1.82) is 0 Å². The van der Waals surface area contributed by atoms with Gasteiger partial charge in [-0.05, 0) is 49.3 Å². The zero-order chi connectivity index (χ0) is 13.2. The molecule has 0 N–H and O–H groups in total. The van der Waals surface area contributed by atoms with Crippen molar-refractivity contribution >= 4 is 33.2 Å². The summed E-state index contributed by atoms with van der Waals surface area (Å²) in [6.45, 7) is 1.20. The van der Waals surface area contributed by atoms with Gasteiger partial charge >= 0.3 is 0 Å². The first kappa shape index (κ1) is 13.8. The molecule has 2 fully saturated rings. The minimum atomic E-state index is 0.749. The van der Waals surface area contributed by atoms with E-state index in [1.807, 2.05) is 6.07 Å². The van der Waals surface area contributed by atoms with Crippen molar-refractivity contribution in [2.75, 3.05) is 11.4 Å². The molecule has 1 nitrogen and oxygen atoms in total. The molecule has 104 valence electrons. The highest BCUT2D eigenvalue weighted by atomic mass is 79.9. The van der Waals surface area contributed by atoms with Crippen molar-refractivity contribution < 1.29 is 0 Å². The van der Waals surface area contributed by atoms with Crippen LogP contribution in [0.1, 0.15) is 44.1 Å².